The average molecular weight is 215 g/mol. The zero-order valence-corrected chi connectivity index (χ0v) is 9.25. The maximum Gasteiger partial charge on any atom is 0.130 e. The van der Waals surface area contributed by atoms with Gasteiger partial charge in [-0.15, -0.1) is 5.10 Å². The highest BCUT2D eigenvalue weighted by atomic mass is 32.2. The van der Waals surface area contributed by atoms with Crippen LogP contribution in [0.1, 0.15) is 19.3 Å². The average Bonchev–Trinajstić information content (AvgIpc) is 2.56. The van der Waals surface area contributed by atoms with Crippen LogP contribution in [0.2, 0.25) is 0 Å². The van der Waals surface area contributed by atoms with E-state index < -0.39 is 0 Å². The Balaban J connectivity index is 1.84. The van der Waals surface area contributed by atoms with Crippen LogP contribution in [-0.4, -0.2) is 27.1 Å². The summed E-state index contributed by atoms with van der Waals surface area (Å²) in [6.07, 6.45) is 8.05. The fraction of sp³-hybridized carbons (Fsp3) is 0.750. The molecule has 1 fully saturated rings. The van der Waals surface area contributed by atoms with Gasteiger partial charge < -0.3 is 5.32 Å². The molecule has 1 N–H and O–H groups in total. The Kier molecular flexibility index (Phi) is 2.74. The van der Waals surface area contributed by atoms with Gasteiger partial charge in [0.05, 0.1) is 6.20 Å². The lowest BCUT2D eigenvalue weighted by atomic mass is 9.84. The van der Waals surface area contributed by atoms with Gasteiger partial charge in [0, 0.05) is 22.8 Å². The van der Waals surface area contributed by atoms with Crippen LogP contribution >= 0.6 is 23.3 Å². The predicted octanol–water partition coefficient (Wildman–Crippen LogP) is 2.24. The summed E-state index contributed by atoms with van der Waals surface area (Å²) in [7, 11) is 0. The van der Waals surface area contributed by atoms with Crippen molar-refractivity contribution in [1.29, 1.82) is 0 Å². The van der Waals surface area contributed by atoms with Crippen molar-refractivity contribution < 1.29 is 0 Å². The summed E-state index contributed by atoms with van der Waals surface area (Å²) in [4.78, 5) is 0. The first kappa shape index (κ1) is 9.27. The molecular formula is C8H13N3S2. The predicted molar refractivity (Wildman–Crippen MR) is 58.5 cm³/mol. The Morgan fingerprint density at radius 2 is 2.54 bits per heavy atom. The van der Waals surface area contributed by atoms with Crippen LogP contribution in [0.4, 0.5) is 5.00 Å². The van der Waals surface area contributed by atoms with Crippen molar-refractivity contribution in [3.63, 3.8) is 0 Å². The molecule has 1 aromatic rings. The summed E-state index contributed by atoms with van der Waals surface area (Å²) in [5, 5.41) is 8.27. The summed E-state index contributed by atoms with van der Waals surface area (Å²) in [5.41, 5.74) is 0. The molecule has 1 heterocycles. The Morgan fingerprint density at radius 1 is 1.69 bits per heavy atom. The molecule has 13 heavy (non-hydrogen) atoms. The number of rotatable bonds is 4. The van der Waals surface area contributed by atoms with Crippen molar-refractivity contribution in [1.82, 2.24) is 9.59 Å². The number of nitrogens with one attached hydrogen (secondary N) is 1. The monoisotopic (exact) mass is 215 g/mol. The Morgan fingerprint density at radius 3 is 3.00 bits per heavy atom. The maximum absolute atomic E-state index is 3.81. The third kappa shape index (κ3) is 1.96. The number of hydrogen-bond acceptors (Lipinski definition) is 5. The standard InChI is InChI=1S/C8H13N3S2/c1-12-8(3-2-4-8)6-9-7-5-10-11-13-7/h5,9H,2-4,6H2,1H3. The zero-order chi connectivity index (χ0) is 9.15. The summed E-state index contributed by atoms with van der Waals surface area (Å²) in [6.45, 7) is 1.05. The fourth-order valence-corrected chi connectivity index (χ4v) is 2.84. The number of aromatic nitrogens is 2. The Labute approximate surface area is 86.5 Å². The Hall–Kier alpha value is -0.290. The van der Waals surface area contributed by atoms with Gasteiger partial charge in [-0.1, -0.05) is 10.9 Å². The van der Waals surface area contributed by atoms with Crippen LogP contribution in [-0.2, 0) is 0 Å². The van der Waals surface area contributed by atoms with Crippen LogP contribution in [0.15, 0.2) is 6.20 Å². The molecule has 0 atom stereocenters. The number of anilines is 1. The minimum atomic E-state index is 0.490. The molecule has 1 aliphatic rings. The molecule has 72 valence electrons. The largest absolute Gasteiger partial charge is 0.373 e. The number of thioether (sulfide) groups is 1. The number of hydrogen-bond donors (Lipinski definition) is 1. The lowest BCUT2D eigenvalue weighted by molar-refractivity contribution is 0.380. The smallest absolute Gasteiger partial charge is 0.130 e. The molecule has 0 spiro atoms. The van der Waals surface area contributed by atoms with E-state index in [9.17, 15) is 0 Å². The van der Waals surface area contributed by atoms with Crippen molar-refractivity contribution in [2.75, 3.05) is 18.1 Å². The van der Waals surface area contributed by atoms with E-state index in [-0.39, 0.29) is 0 Å². The third-order valence-electron chi connectivity index (χ3n) is 2.64. The molecule has 0 radical (unpaired) electrons. The summed E-state index contributed by atoms with van der Waals surface area (Å²) < 4.78 is 4.30. The van der Waals surface area contributed by atoms with Gasteiger partial charge in [-0.25, -0.2) is 0 Å². The van der Waals surface area contributed by atoms with Gasteiger partial charge in [0.1, 0.15) is 5.00 Å². The molecule has 1 aliphatic carbocycles. The second kappa shape index (κ2) is 3.84. The molecular weight excluding hydrogens is 202 g/mol. The molecule has 3 nitrogen and oxygen atoms in total. The molecule has 5 heteroatoms. The highest BCUT2D eigenvalue weighted by Gasteiger charge is 2.35. The molecule has 0 amide bonds. The minimum Gasteiger partial charge on any atom is -0.373 e. The van der Waals surface area contributed by atoms with Gasteiger partial charge in [0.2, 0.25) is 0 Å². The van der Waals surface area contributed by atoms with Crippen LogP contribution in [0.3, 0.4) is 0 Å². The maximum atomic E-state index is 3.81. The topological polar surface area (TPSA) is 37.8 Å². The van der Waals surface area contributed by atoms with Crippen molar-refractivity contribution >= 4 is 28.3 Å². The minimum absolute atomic E-state index is 0.490. The van der Waals surface area contributed by atoms with E-state index in [1.54, 1.807) is 6.20 Å². The van der Waals surface area contributed by atoms with E-state index >= 15 is 0 Å². The third-order valence-corrected chi connectivity index (χ3v) is 4.68. The van der Waals surface area contributed by atoms with E-state index in [1.165, 1.54) is 30.8 Å². The van der Waals surface area contributed by atoms with Crippen LogP contribution < -0.4 is 5.32 Å². The lowest BCUT2D eigenvalue weighted by Crippen LogP contribution is -2.40. The molecule has 0 unspecified atom stereocenters. The first-order chi connectivity index (χ1) is 6.35. The van der Waals surface area contributed by atoms with Crippen LogP contribution in [0, 0.1) is 0 Å². The highest BCUT2D eigenvalue weighted by Crippen LogP contribution is 2.42. The van der Waals surface area contributed by atoms with E-state index in [2.05, 4.69) is 21.2 Å². The van der Waals surface area contributed by atoms with Gasteiger partial charge >= 0.3 is 0 Å². The molecule has 0 bridgehead atoms. The van der Waals surface area contributed by atoms with E-state index in [0.29, 0.717) is 4.75 Å². The number of nitrogens with zero attached hydrogens (tertiary/aromatic N) is 2. The van der Waals surface area contributed by atoms with Gasteiger partial charge in [-0.3, -0.25) is 0 Å². The molecule has 0 aromatic carbocycles. The van der Waals surface area contributed by atoms with Gasteiger partial charge in [-0.2, -0.15) is 11.8 Å². The molecule has 0 saturated heterocycles. The molecule has 2 rings (SSSR count). The van der Waals surface area contributed by atoms with E-state index in [0.717, 1.165) is 11.5 Å². The van der Waals surface area contributed by atoms with Crippen LogP contribution in [0.25, 0.3) is 0 Å². The zero-order valence-electron chi connectivity index (χ0n) is 7.62. The fourth-order valence-electron chi connectivity index (χ4n) is 1.52. The summed E-state index contributed by atoms with van der Waals surface area (Å²) in [5.74, 6) is 0. The normalized spacial score (nSPS) is 19.5. The highest BCUT2D eigenvalue weighted by molar-refractivity contribution is 8.00. The molecule has 1 saturated carbocycles. The second-order valence-corrected chi connectivity index (χ2v) is 5.44. The van der Waals surface area contributed by atoms with Crippen molar-refractivity contribution in [2.24, 2.45) is 0 Å². The summed E-state index contributed by atoms with van der Waals surface area (Å²) in [6, 6.07) is 0. The first-order valence-electron chi connectivity index (χ1n) is 4.41. The molecule has 0 aliphatic heterocycles. The summed E-state index contributed by atoms with van der Waals surface area (Å²) >= 11 is 3.41. The van der Waals surface area contributed by atoms with E-state index in [4.69, 9.17) is 0 Å². The second-order valence-electron chi connectivity index (χ2n) is 3.38. The van der Waals surface area contributed by atoms with Crippen LogP contribution in [0.5, 0.6) is 0 Å². The van der Waals surface area contributed by atoms with Gasteiger partial charge in [0.25, 0.3) is 0 Å². The van der Waals surface area contributed by atoms with Gasteiger partial charge in [0.15, 0.2) is 0 Å². The SMILES string of the molecule is CSC1(CNc2cnns2)CCC1. The Bertz CT molecular complexity index is 251. The first-order valence-corrected chi connectivity index (χ1v) is 6.41. The van der Waals surface area contributed by atoms with Crippen molar-refractivity contribution in [2.45, 2.75) is 24.0 Å². The van der Waals surface area contributed by atoms with E-state index in [1.807, 2.05) is 11.8 Å². The lowest BCUT2D eigenvalue weighted by Gasteiger charge is -2.40. The quantitative estimate of drug-likeness (QED) is 0.836. The van der Waals surface area contributed by atoms with Crippen molar-refractivity contribution in [3.05, 3.63) is 6.20 Å². The molecule has 1 aromatic heterocycles. The van der Waals surface area contributed by atoms with Crippen molar-refractivity contribution in [3.8, 4) is 0 Å². The van der Waals surface area contributed by atoms with Gasteiger partial charge in [-0.05, 0) is 19.1 Å².